The quantitative estimate of drug-likeness (QED) is 0.350. The average molecular weight is 388 g/mol. The minimum absolute atomic E-state index is 0.294. The van der Waals surface area contributed by atoms with Gasteiger partial charge in [0.15, 0.2) is 5.96 Å². The Hall–Kier alpha value is -2.87. The Labute approximate surface area is 162 Å². The second kappa shape index (κ2) is 9.72. The Kier molecular flexibility index (Phi) is 6.81. The average Bonchev–Trinajstić information content (AvgIpc) is 3.35. The molecule has 0 aliphatic carbocycles. The van der Waals surface area contributed by atoms with Gasteiger partial charge in [0.05, 0.1) is 0 Å². The molecule has 9 heteroatoms. The SMILES string of the molecule is CCNC(=NCc1nc(-c2cccc(Cl)c2)no1)NCCCn1cccn1. The van der Waals surface area contributed by atoms with E-state index in [1.165, 1.54) is 0 Å². The van der Waals surface area contributed by atoms with Gasteiger partial charge in [-0.2, -0.15) is 10.1 Å². The maximum absolute atomic E-state index is 6.00. The molecular weight excluding hydrogens is 366 g/mol. The molecule has 0 spiro atoms. The largest absolute Gasteiger partial charge is 0.357 e. The summed E-state index contributed by atoms with van der Waals surface area (Å²) in [5.74, 6) is 1.65. The zero-order valence-corrected chi connectivity index (χ0v) is 15.9. The molecular formula is C18H22ClN7O. The van der Waals surface area contributed by atoms with Crippen LogP contribution in [0.15, 0.2) is 52.2 Å². The molecule has 3 rings (SSSR count). The van der Waals surface area contributed by atoms with Crippen LogP contribution in [0.1, 0.15) is 19.2 Å². The molecule has 0 fully saturated rings. The number of halogens is 1. The van der Waals surface area contributed by atoms with Gasteiger partial charge in [-0.25, -0.2) is 4.99 Å². The zero-order chi connectivity index (χ0) is 18.9. The summed E-state index contributed by atoms with van der Waals surface area (Å²) in [5, 5.41) is 15.3. The Morgan fingerprint density at radius 1 is 1.30 bits per heavy atom. The molecule has 2 N–H and O–H groups in total. The van der Waals surface area contributed by atoms with Crippen molar-refractivity contribution in [2.24, 2.45) is 4.99 Å². The highest BCUT2D eigenvalue weighted by atomic mass is 35.5. The van der Waals surface area contributed by atoms with E-state index in [2.05, 4.69) is 30.9 Å². The van der Waals surface area contributed by atoms with E-state index in [4.69, 9.17) is 16.1 Å². The Morgan fingerprint density at radius 2 is 2.22 bits per heavy atom. The first-order chi connectivity index (χ1) is 13.2. The number of hydrogen-bond acceptors (Lipinski definition) is 5. The van der Waals surface area contributed by atoms with E-state index < -0.39 is 0 Å². The van der Waals surface area contributed by atoms with Crippen LogP contribution < -0.4 is 10.6 Å². The van der Waals surface area contributed by atoms with Crippen LogP contribution in [0.2, 0.25) is 5.02 Å². The molecule has 0 saturated heterocycles. The molecule has 1 aromatic carbocycles. The highest BCUT2D eigenvalue weighted by Crippen LogP contribution is 2.19. The predicted molar refractivity (Wildman–Crippen MR) is 104 cm³/mol. The number of hydrogen-bond donors (Lipinski definition) is 2. The number of nitrogens with one attached hydrogen (secondary N) is 2. The molecule has 27 heavy (non-hydrogen) atoms. The van der Waals surface area contributed by atoms with Crippen molar-refractivity contribution in [1.82, 2.24) is 30.6 Å². The fourth-order valence-corrected chi connectivity index (χ4v) is 2.62. The van der Waals surface area contributed by atoms with Gasteiger partial charge in [0.2, 0.25) is 11.7 Å². The van der Waals surface area contributed by atoms with E-state index >= 15 is 0 Å². The molecule has 2 aromatic heterocycles. The van der Waals surface area contributed by atoms with Crippen molar-refractivity contribution in [1.29, 1.82) is 0 Å². The van der Waals surface area contributed by atoms with E-state index in [0.717, 1.165) is 31.6 Å². The van der Waals surface area contributed by atoms with Gasteiger partial charge in [-0.15, -0.1) is 0 Å². The first-order valence-corrected chi connectivity index (χ1v) is 9.20. The minimum Gasteiger partial charge on any atom is -0.357 e. The van der Waals surface area contributed by atoms with Crippen molar-refractivity contribution >= 4 is 17.6 Å². The maximum Gasteiger partial charge on any atom is 0.248 e. The summed E-state index contributed by atoms with van der Waals surface area (Å²) in [4.78, 5) is 8.87. The molecule has 0 aliphatic heterocycles. The summed E-state index contributed by atoms with van der Waals surface area (Å²) in [7, 11) is 0. The lowest BCUT2D eigenvalue weighted by Gasteiger charge is -2.10. The maximum atomic E-state index is 6.00. The molecule has 0 saturated carbocycles. The van der Waals surface area contributed by atoms with Crippen molar-refractivity contribution < 1.29 is 4.52 Å². The van der Waals surface area contributed by atoms with Crippen LogP contribution in [0.4, 0.5) is 0 Å². The molecule has 3 aromatic rings. The summed E-state index contributed by atoms with van der Waals surface area (Å²) in [6.45, 7) is 4.71. The Morgan fingerprint density at radius 3 is 3.00 bits per heavy atom. The first-order valence-electron chi connectivity index (χ1n) is 8.82. The van der Waals surface area contributed by atoms with Crippen LogP contribution in [-0.2, 0) is 13.1 Å². The van der Waals surface area contributed by atoms with Crippen LogP contribution >= 0.6 is 11.6 Å². The fraction of sp³-hybridized carbons (Fsp3) is 0.333. The Balaban J connectivity index is 1.53. The standard InChI is InChI=1S/C18H22ClN7O/c1-2-20-18(21-8-4-10-26-11-5-9-23-26)22-13-16-24-17(25-27-16)14-6-3-7-15(19)12-14/h3,5-7,9,11-12H,2,4,8,10,13H2,1H3,(H2,20,21,22). The molecule has 0 aliphatic rings. The molecule has 0 unspecified atom stereocenters. The minimum atomic E-state index is 0.294. The van der Waals surface area contributed by atoms with Gasteiger partial charge in [-0.1, -0.05) is 28.9 Å². The van der Waals surface area contributed by atoms with Crippen LogP contribution in [-0.4, -0.2) is 39.0 Å². The van der Waals surface area contributed by atoms with Gasteiger partial charge in [0, 0.05) is 42.6 Å². The van der Waals surface area contributed by atoms with Gasteiger partial charge in [0.25, 0.3) is 0 Å². The predicted octanol–water partition coefficient (Wildman–Crippen LogP) is 2.73. The second-order valence-electron chi connectivity index (χ2n) is 5.77. The molecule has 0 amide bonds. The van der Waals surface area contributed by atoms with Gasteiger partial charge in [0.1, 0.15) is 6.54 Å². The van der Waals surface area contributed by atoms with Crippen molar-refractivity contribution in [2.75, 3.05) is 13.1 Å². The second-order valence-corrected chi connectivity index (χ2v) is 6.20. The van der Waals surface area contributed by atoms with Gasteiger partial charge in [-0.05, 0) is 31.5 Å². The highest BCUT2D eigenvalue weighted by molar-refractivity contribution is 6.30. The van der Waals surface area contributed by atoms with E-state index in [9.17, 15) is 0 Å². The van der Waals surface area contributed by atoms with Crippen molar-refractivity contribution in [2.45, 2.75) is 26.4 Å². The Bertz CT molecular complexity index is 860. The number of aryl methyl sites for hydroxylation is 1. The molecule has 2 heterocycles. The lowest BCUT2D eigenvalue weighted by atomic mass is 10.2. The topological polar surface area (TPSA) is 93.2 Å². The van der Waals surface area contributed by atoms with Crippen LogP contribution in [0.3, 0.4) is 0 Å². The molecule has 0 radical (unpaired) electrons. The number of aromatic nitrogens is 4. The third-order valence-corrected chi connectivity index (χ3v) is 3.92. The number of nitrogens with zero attached hydrogens (tertiary/aromatic N) is 5. The van der Waals surface area contributed by atoms with E-state index in [0.29, 0.717) is 29.2 Å². The molecule has 142 valence electrons. The lowest BCUT2D eigenvalue weighted by Crippen LogP contribution is -2.38. The van der Waals surface area contributed by atoms with Gasteiger partial charge in [-0.3, -0.25) is 4.68 Å². The monoisotopic (exact) mass is 387 g/mol. The number of rotatable bonds is 8. The third kappa shape index (κ3) is 5.82. The first kappa shape index (κ1) is 18.9. The fourth-order valence-electron chi connectivity index (χ4n) is 2.43. The van der Waals surface area contributed by atoms with Crippen LogP contribution in [0, 0.1) is 0 Å². The van der Waals surface area contributed by atoms with Crippen LogP contribution in [0.25, 0.3) is 11.4 Å². The number of benzene rings is 1. The van der Waals surface area contributed by atoms with E-state index in [-0.39, 0.29) is 0 Å². The van der Waals surface area contributed by atoms with E-state index in [1.54, 1.807) is 18.3 Å². The van der Waals surface area contributed by atoms with Crippen molar-refractivity contribution in [3.8, 4) is 11.4 Å². The van der Waals surface area contributed by atoms with Gasteiger partial charge < -0.3 is 15.2 Å². The number of aliphatic imine (C=N–C) groups is 1. The highest BCUT2D eigenvalue weighted by Gasteiger charge is 2.09. The van der Waals surface area contributed by atoms with Crippen molar-refractivity contribution in [3.05, 3.63) is 53.6 Å². The van der Waals surface area contributed by atoms with E-state index in [1.807, 2.05) is 36.0 Å². The summed E-state index contributed by atoms with van der Waals surface area (Å²) in [6, 6.07) is 9.25. The molecule has 8 nitrogen and oxygen atoms in total. The summed E-state index contributed by atoms with van der Waals surface area (Å²) >= 11 is 6.00. The molecule has 0 bridgehead atoms. The summed E-state index contributed by atoms with van der Waals surface area (Å²) in [6.07, 6.45) is 4.67. The smallest absolute Gasteiger partial charge is 0.248 e. The van der Waals surface area contributed by atoms with Gasteiger partial charge >= 0.3 is 0 Å². The van der Waals surface area contributed by atoms with Crippen LogP contribution in [0.5, 0.6) is 0 Å². The lowest BCUT2D eigenvalue weighted by molar-refractivity contribution is 0.380. The molecule has 0 atom stereocenters. The summed E-state index contributed by atoms with van der Waals surface area (Å²) in [5.41, 5.74) is 0.810. The third-order valence-electron chi connectivity index (χ3n) is 3.68. The number of guanidine groups is 1. The zero-order valence-electron chi connectivity index (χ0n) is 15.1. The normalized spacial score (nSPS) is 11.6. The summed E-state index contributed by atoms with van der Waals surface area (Å²) < 4.78 is 7.19. The van der Waals surface area contributed by atoms with Crippen molar-refractivity contribution in [3.63, 3.8) is 0 Å².